The van der Waals surface area contributed by atoms with Crippen LogP contribution in [0.3, 0.4) is 0 Å². The molecule has 2 aromatic heterocycles. The number of benzene rings is 2. The van der Waals surface area contributed by atoms with Crippen molar-refractivity contribution in [1.29, 1.82) is 0 Å². The van der Waals surface area contributed by atoms with Crippen molar-refractivity contribution in [1.82, 2.24) is 19.4 Å². The summed E-state index contributed by atoms with van der Waals surface area (Å²) in [7, 11) is 0. The van der Waals surface area contributed by atoms with Gasteiger partial charge in [-0.15, -0.1) is 0 Å². The Kier molecular flexibility index (Phi) is 6.07. The third kappa shape index (κ3) is 4.99. The van der Waals surface area contributed by atoms with Crippen LogP contribution in [0.5, 0.6) is 0 Å². The van der Waals surface area contributed by atoms with E-state index in [4.69, 9.17) is 0 Å². The van der Waals surface area contributed by atoms with Gasteiger partial charge in [-0.25, -0.2) is 9.97 Å². The first-order valence-corrected chi connectivity index (χ1v) is 11.2. The number of nitrogens with zero attached hydrogens (tertiary/aromatic N) is 4. The van der Waals surface area contributed by atoms with Crippen LogP contribution in [0.15, 0.2) is 73.1 Å². The summed E-state index contributed by atoms with van der Waals surface area (Å²) >= 11 is 0. The van der Waals surface area contributed by atoms with Gasteiger partial charge < -0.3 is 4.57 Å². The van der Waals surface area contributed by atoms with Crippen molar-refractivity contribution in [2.45, 2.75) is 31.9 Å². The maximum atomic E-state index is 12.9. The molecule has 2 aromatic carbocycles. The highest BCUT2D eigenvalue weighted by atomic mass is 19.4. The second kappa shape index (κ2) is 9.09. The summed E-state index contributed by atoms with van der Waals surface area (Å²) in [5, 5.41) is 0. The third-order valence-corrected chi connectivity index (χ3v) is 6.17. The molecule has 0 fully saturated rings. The number of halogens is 6. The molecular weight excluding hydrogens is 482 g/mol. The molecule has 1 aliphatic heterocycles. The number of hydrogen-bond acceptors (Lipinski definition) is 3. The summed E-state index contributed by atoms with van der Waals surface area (Å²) < 4.78 is 79.0. The fraction of sp³-hybridized carbons (Fsp3) is 0.231. The lowest BCUT2D eigenvalue weighted by Crippen LogP contribution is -2.31. The maximum absolute atomic E-state index is 12.9. The van der Waals surface area contributed by atoms with Crippen LogP contribution in [0, 0.1) is 0 Å². The van der Waals surface area contributed by atoms with Crippen LogP contribution in [0.2, 0.25) is 0 Å². The summed E-state index contributed by atoms with van der Waals surface area (Å²) in [6, 6.07) is 13.6. The fourth-order valence-corrected chi connectivity index (χ4v) is 4.29. The van der Waals surface area contributed by atoms with E-state index >= 15 is 0 Å². The first kappa shape index (κ1) is 24.1. The van der Waals surface area contributed by atoms with Gasteiger partial charge in [0, 0.05) is 61.0 Å². The van der Waals surface area contributed by atoms with Crippen LogP contribution in [0.1, 0.15) is 28.1 Å². The highest BCUT2D eigenvalue weighted by Crippen LogP contribution is 2.32. The second-order valence-electron chi connectivity index (χ2n) is 8.62. The zero-order chi connectivity index (χ0) is 25.5. The van der Waals surface area contributed by atoms with Crippen molar-refractivity contribution in [3.05, 3.63) is 101 Å². The molecule has 0 atom stereocenters. The fourth-order valence-electron chi connectivity index (χ4n) is 4.29. The molecule has 0 saturated carbocycles. The number of fused-ring (bicyclic) bond motifs is 1. The Morgan fingerprint density at radius 2 is 1.44 bits per heavy atom. The Bertz CT molecular complexity index is 1360. The number of aromatic nitrogens is 3. The lowest BCUT2D eigenvalue weighted by Gasteiger charge is -2.28. The van der Waals surface area contributed by atoms with Gasteiger partial charge in [0.05, 0.1) is 16.8 Å². The molecule has 1 aliphatic rings. The van der Waals surface area contributed by atoms with E-state index in [0.717, 1.165) is 41.2 Å². The van der Waals surface area contributed by atoms with Gasteiger partial charge in [-0.3, -0.25) is 4.90 Å². The van der Waals surface area contributed by atoms with E-state index in [2.05, 4.69) is 14.9 Å². The molecule has 0 saturated heterocycles. The minimum atomic E-state index is -4.40. The van der Waals surface area contributed by atoms with Crippen LogP contribution in [0.4, 0.5) is 26.3 Å². The van der Waals surface area contributed by atoms with E-state index in [1.165, 1.54) is 24.3 Å². The lowest BCUT2D eigenvalue weighted by atomic mass is 10.1. The van der Waals surface area contributed by atoms with Gasteiger partial charge in [0.25, 0.3) is 0 Å². The Morgan fingerprint density at radius 3 is 2.08 bits per heavy atom. The molecule has 0 radical (unpaired) electrons. The van der Waals surface area contributed by atoms with E-state index in [1.54, 1.807) is 6.20 Å². The lowest BCUT2D eigenvalue weighted by molar-refractivity contribution is -0.138. The quantitative estimate of drug-likeness (QED) is 0.298. The van der Waals surface area contributed by atoms with E-state index in [0.29, 0.717) is 43.1 Å². The van der Waals surface area contributed by atoms with Gasteiger partial charge in [0.1, 0.15) is 0 Å². The summed E-state index contributed by atoms with van der Waals surface area (Å²) in [5.41, 5.74) is 2.47. The monoisotopic (exact) mass is 502 g/mol. The Hall–Kier alpha value is -3.66. The molecule has 10 heteroatoms. The molecule has 36 heavy (non-hydrogen) atoms. The standard InChI is InChI=1S/C26H20F6N4/c27-25(28,29)19-5-3-17(4-6-19)24-33-14-18-15-35(13-11-23(18)34-24)16-22-2-1-12-36(22)21-9-7-20(8-10-21)26(30,31)32/h1-10,12,14H,11,13,15-16H2. The highest BCUT2D eigenvalue weighted by molar-refractivity contribution is 5.56. The zero-order valence-electron chi connectivity index (χ0n) is 18.8. The van der Waals surface area contributed by atoms with E-state index < -0.39 is 23.5 Å². The van der Waals surface area contributed by atoms with Crippen LogP contribution < -0.4 is 0 Å². The average molecular weight is 502 g/mol. The van der Waals surface area contributed by atoms with Gasteiger partial charge in [0.15, 0.2) is 5.82 Å². The van der Waals surface area contributed by atoms with Gasteiger partial charge >= 0.3 is 12.4 Å². The van der Waals surface area contributed by atoms with Crippen LogP contribution in [0.25, 0.3) is 17.1 Å². The van der Waals surface area contributed by atoms with Crippen molar-refractivity contribution in [3.8, 4) is 17.1 Å². The molecule has 0 bridgehead atoms. The Morgan fingerprint density at radius 1 is 0.806 bits per heavy atom. The smallest absolute Gasteiger partial charge is 0.320 e. The Balaban J connectivity index is 1.29. The molecule has 3 heterocycles. The van der Waals surface area contributed by atoms with Crippen molar-refractivity contribution in [2.24, 2.45) is 0 Å². The number of alkyl halides is 6. The molecule has 0 amide bonds. The summed E-state index contributed by atoms with van der Waals surface area (Å²) in [6.45, 7) is 1.86. The predicted octanol–water partition coefficient (Wildman–Crippen LogP) is 6.53. The number of hydrogen-bond donors (Lipinski definition) is 0. The molecule has 5 rings (SSSR count). The molecule has 4 aromatic rings. The van der Waals surface area contributed by atoms with E-state index in [9.17, 15) is 26.3 Å². The molecule has 4 nitrogen and oxygen atoms in total. The van der Waals surface area contributed by atoms with Crippen molar-refractivity contribution in [3.63, 3.8) is 0 Å². The first-order chi connectivity index (χ1) is 17.1. The average Bonchev–Trinajstić information content (AvgIpc) is 3.31. The van der Waals surface area contributed by atoms with Gasteiger partial charge in [-0.2, -0.15) is 26.3 Å². The minimum Gasteiger partial charge on any atom is -0.320 e. The Labute approximate surface area is 202 Å². The molecule has 0 spiro atoms. The molecule has 0 unspecified atom stereocenters. The second-order valence-corrected chi connectivity index (χ2v) is 8.62. The summed E-state index contributed by atoms with van der Waals surface area (Å²) in [6.07, 6.45) is -4.61. The van der Waals surface area contributed by atoms with Crippen LogP contribution in [-0.4, -0.2) is 26.0 Å². The maximum Gasteiger partial charge on any atom is 0.416 e. The highest BCUT2D eigenvalue weighted by Gasteiger charge is 2.31. The molecule has 186 valence electrons. The normalized spacial score (nSPS) is 14.6. The zero-order valence-corrected chi connectivity index (χ0v) is 18.8. The molecule has 0 aliphatic carbocycles. The summed E-state index contributed by atoms with van der Waals surface area (Å²) in [5.74, 6) is 0.382. The largest absolute Gasteiger partial charge is 0.416 e. The third-order valence-electron chi connectivity index (χ3n) is 6.17. The number of rotatable bonds is 4. The van der Waals surface area contributed by atoms with Gasteiger partial charge in [-0.1, -0.05) is 12.1 Å². The topological polar surface area (TPSA) is 34.0 Å². The van der Waals surface area contributed by atoms with Gasteiger partial charge in [0.2, 0.25) is 0 Å². The summed E-state index contributed by atoms with van der Waals surface area (Å²) in [4.78, 5) is 11.1. The van der Waals surface area contributed by atoms with Crippen molar-refractivity contribution < 1.29 is 26.3 Å². The molecular formula is C26H20F6N4. The van der Waals surface area contributed by atoms with Crippen LogP contribution >= 0.6 is 0 Å². The van der Waals surface area contributed by atoms with E-state index in [-0.39, 0.29) is 0 Å². The SMILES string of the molecule is FC(F)(F)c1ccc(-c2ncc3c(n2)CCN(Cc2cccn2-c2ccc(C(F)(F)F)cc2)C3)cc1. The van der Waals surface area contributed by atoms with Crippen molar-refractivity contribution >= 4 is 0 Å². The van der Waals surface area contributed by atoms with E-state index in [1.807, 2.05) is 22.9 Å². The first-order valence-electron chi connectivity index (χ1n) is 11.2. The van der Waals surface area contributed by atoms with Crippen molar-refractivity contribution in [2.75, 3.05) is 6.54 Å². The predicted molar refractivity (Wildman–Crippen MR) is 121 cm³/mol. The minimum absolute atomic E-state index is 0.382. The van der Waals surface area contributed by atoms with Crippen LogP contribution in [-0.2, 0) is 31.9 Å². The molecule has 0 N–H and O–H groups in total. The van der Waals surface area contributed by atoms with Gasteiger partial charge in [-0.05, 0) is 48.5 Å².